The van der Waals surface area contributed by atoms with Crippen molar-refractivity contribution < 1.29 is 14.4 Å². The standard InChI is InChI=1S/C17H22N4O3/c1-11-12(2)20(8-7-18-11)16(23)14-5-3-13(4-6-14)10-21-15(22)9-19-17(21)24/h3-6,11-12,18H,7-10H2,1-2H3,(H,19,24). The molecule has 0 aromatic heterocycles. The van der Waals surface area contributed by atoms with E-state index in [9.17, 15) is 14.4 Å². The second kappa shape index (κ2) is 6.60. The number of imide groups is 1. The zero-order valence-electron chi connectivity index (χ0n) is 13.9. The first-order chi connectivity index (χ1) is 11.5. The van der Waals surface area contributed by atoms with E-state index in [4.69, 9.17) is 0 Å². The van der Waals surface area contributed by atoms with Gasteiger partial charge in [-0.15, -0.1) is 0 Å². The Kier molecular flexibility index (Phi) is 4.53. The number of carbonyl (C=O) groups is 3. The first-order valence-electron chi connectivity index (χ1n) is 8.19. The van der Waals surface area contributed by atoms with Crippen molar-refractivity contribution >= 4 is 17.8 Å². The highest BCUT2D eigenvalue weighted by Crippen LogP contribution is 2.16. The average molecular weight is 330 g/mol. The summed E-state index contributed by atoms with van der Waals surface area (Å²) in [6.45, 7) is 5.87. The van der Waals surface area contributed by atoms with E-state index in [-0.39, 0.29) is 43.0 Å². The van der Waals surface area contributed by atoms with Crippen LogP contribution in [0.5, 0.6) is 0 Å². The number of piperazine rings is 1. The van der Waals surface area contributed by atoms with Crippen molar-refractivity contribution in [2.75, 3.05) is 19.6 Å². The zero-order valence-corrected chi connectivity index (χ0v) is 13.9. The van der Waals surface area contributed by atoms with Gasteiger partial charge in [0.15, 0.2) is 0 Å². The molecule has 0 aliphatic carbocycles. The Morgan fingerprint density at radius 2 is 1.92 bits per heavy atom. The van der Waals surface area contributed by atoms with E-state index >= 15 is 0 Å². The molecule has 2 aliphatic heterocycles. The van der Waals surface area contributed by atoms with Gasteiger partial charge in [0, 0.05) is 30.7 Å². The second-order valence-corrected chi connectivity index (χ2v) is 6.32. The summed E-state index contributed by atoms with van der Waals surface area (Å²) in [5.74, 6) is -0.221. The van der Waals surface area contributed by atoms with Crippen LogP contribution < -0.4 is 10.6 Å². The molecule has 2 fully saturated rings. The highest BCUT2D eigenvalue weighted by Gasteiger charge is 2.30. The van der Waals surface area contributed by atoms with Gasteiger partial charge in [-0.1, -0.05) is 12.1 Å². The number of hydrogen-bond acceptors (Lipinski definition) is 4. The summed E-state index contributed by atoms with van der Waals surface area (Å²) in [5.41, 5.74) is 1.44. The minimum atomic E-state index is -0.371. The molecule has 4 amide bonds. The van der Waals surface area contributed by atoms with Gasteiger partial charge in [0.2, 0.25) is 5.91 Å². The maximum Gasteiger partial charge on any atom is 0.324 e. The summed E-state index contributed by atoms with van der Waals surface area (Å²) >= 11 is 0. The lowest BCUT2D eigenvalue weighted by Gasteiger charge is -2.38. The summed E-state index contributed by atoms with van der Waals surface area (Å²) in [6.07, 6.45) is 0. The fourth-order valence-corrected chi connectivity index (χ4v) is 3.06. The van der Waals surface area contributed by atoms with Gasteiger partial charge in [0.1, 0.15) is 0 Å². The average Bonchev–Trinajstić information content (AvgIpc) is 2.89. The molecule has 3 rings (SSSR count). The second-order valence-electron chi connectivity index (χ2n) is 6.32. The number of benzene rings is 1. The lowest BCUT2D eigenvalue weighted by Crippen LogP contribution is -2.57. The number of amides is 4. The maximum atomic E-state index is 12.7. The fraction of sp³-hybridized carbons (Fsp3) is 0.471. The molecule has 7 nitrogen and oxygen atoms in total. The topological polar surface area (TPSA) is 81.8 Å². The van der Waals surface area contributed by atoms with Crippen molar-refractivity contribution in [3.63, 3.8) is 0 Å². The third-order valence-corrected chi connectivity index (χ3v) is 4.77. The molecule has 2 aliphatic rings. The molecule has 24 heavy (non-hydrogen) atoms. The molecule has 7 heteroatoms. The number of rotatable bonds is 3. The minimum Gasteiger partial charge on any atom is -0.333 e. The monoisotopic (exact) mass is 330 g/mol. The van der Waals surface area contributed by atoms with Crippen LogP contribution in [0.15, 0.2) is 24.3 Å². The van der Waals surface area contributed by atoms with Crippen molar-refractivity contribution in [2.45, 2.75) is 32.5 Å². The van der Waals surface area contributed by atoms with Crippen LogP contribution in [-0.4, -0.2) is 59.4 Å². The quantitative estimate of drug-likeness (QED) is 0.794. The van der Waals surface area contributed by atoms with Crippen molar-refractivity contribution in [3.8, 4) is 0 Å². The highest BCUT2D eigenvalue weighted by atomic mass is 16.2. The number of hydrogen-bond donors (Lipinski definition) is 2. The van der Waals surface area contributed by atoms with Gasteiger partial charge < -0.3 is 15.5 Å². The van der Waals surface area contributed by atoms with E-state index in [2.05, 4.69) is 17.6 Å². The van der Waals surface area contributed by atoms with E-state index in [1.54, 1.807) is 24.3 Å². The minimum absolute atomic E-state index is 0.0115. The molecule has 2 unspecified atom stereocenters. The van der Waals surface area contributed by atoms with Gasteiger partial charge in [-0.05, 0) is 31.5 Å². The van der Waals surface area contributed by atoms with E-state index in [1.807, 2.05) is 11.8 Å². The Balaban J connectivity index is 1.69. The van der Waals surface area contributed by atoms with Gasteiger partial charge in [-0.25, -0.2) is 4.79 Å². The molecule has 2 heterocycles. The van der Waals surface area contributed by atoms with Crippen LogP contribution in [0.2, 0.25) is 0 Å². The predicted octanol–water partition coefficient (Wildman–Crippen LogP) is 0.561. The van der Waals surface area contributed by atoms with Crippen LogP contribution in [0, 0.1) is 0 Å². The molecule has 0 radical (unpaired) electrons. The summed E-state index contributed by atoms with van der Waals surface area (Å²) in [6, 6.07) is 7.14. The largest absolute Gasteiger partial charge is 0.333 e. The molecule has 0 saturated carbocycles. The number of urea groups is 1. The number of nitrogens with one attached hydrogen (secondary N) is 2. The Labute approximate surface area is 141 Å². The van der Waals surface area contributed by atoms with Gasteiger partial charge in [0.25, 0.3) is 5.91 Å². The number of carbonyl (C=O) groups excluding carboxylic acids is 3. The van der Waals surface area contributed by atoms with Crippen LogP contribution in [-0.2, 0) is 11.3 Å². The first kappa shape index (κ1) is 16.4. The normalized spacial score (nSPS) is 24.2. The van der Waals surface area contributed by atoms with Crippen molar-refractivity contribution in [1.82, 2.24) is 20.4 Å². The first-order valence-corrected chi connectivity index (χ1v) is 8.19. The van der Waals surface area contributed by atoms with Crippen LogP contribution in [0.25, 0.3) is 0 Å². The molecule has 0 spiro atoms. The predicted molar refractivity (Wildman–Crippen MR) is 88.4 cm³/mol. The Hall–Kier alpha value is -2.41. The molecule has 1 aromatic carbocycles. The van der Waals surface area contributed by atoms with E-state index in [0.29, 0.717) is 12.1 Å². The fourth-order valence-electron chi connectivity index (χ4n) is 3.06. The van der Waals surface area contributed by atoms with Gasteiger partial charge in [-0.2, -0.15) is 0 Å². The van der Waals surface area contributed by atoms with Gasteiger partial charge in [-0.3, -0.25) is 14.5 Å². The third kappa shape index (κ3) is 3.12. The van der Waals surface area contributed by atoms with Crippen molar-refractivity contribution in [3.05, 3.63) is 35.4 Å². The lowest BCUT2D eigenvalue weighted by molar-refractivity contribution is -0.125. The summed E-state index contributed by atoms with van der Waals surface area (Å²) in [7, 11) is 0. The Morgan fingerprint density at radius 1 is 1.21 bits per heavy atom. The molecule has 2 atom stereocenters. The smallest absolute Gasteiger partial charge is 0.324 e. The third-order valence-electron chi connectivity index (χ3n) is 4.77. The van der Waals surface area contributed by atoms with E-state index in [0.717, 1.165) is 12.1 Å². The lowest BCUT2D eigenvalue weighted by atomic mass is 10.0. The molecule has 1 aromatic rings. The number of nitrogens with zero attached hydrogens (tertiary/aromatic N) is 2. The molecule has 128 valence electrons. The summed E-state index contributed by atoms with van der Waals surface area (Å²) in [4.78, 5) is 38.9. The van der Waals surface area contributed by atoms with Gasteiger partial charge in [0.05, 0.1) is 13.1 Å². The SMILES string of the molecule is CC1NCCN(C(=O)c2ccc(CN3C(=O)CNC3=O)cc2)C1C. The van der Waals surface area contributed by atoms with Crippen molar-refractivity contribution in [2.24, 2.45) is 0 Å². The van der Waals surface area contributed by atoms with Gasteiger partial charge >= 0.3 is 6.03 Å². The highest BCUT2D eigenvalue weighted by molar-refractivity contribution is 6.01. The Bertz CT molecular complexity index is 642. The Morgan fingerprint density at radius 3 is 2.54 bits per heavy atom. The molecular formula is C17H22N4O3. The molecule has 2 N–H and O–H groups in total. The molecule has 2 saturated heterocycles. The zero-order chi connectivity index (χ0) is 17.3. The maximum absolute atomic E-state index is 12.7. The molecule has 0 bridgehead atoms. The van der Waals surface area contributed by atoms with Crippen molar-refractivity contribution in [1.29, 1.82) is 0 Å². The van der Waals surface area contributed by atoms with Crippen LogP contribution in [0.1, 0.15) is 29.8 Å². The molecular weight excluding hydrogens is 308 g/mol. The van der Waals surface area contributed by atoms with Crippen LogP contribution >= 0.6 is 0 Å². The summed E-state index contributed by atoms with van der Waals surface area (Å²) in [5, 5.41) is 5.85. The van der Waals surface area contributed by atoms with E-state index < -0.39 is 0 Å². The summed E-state index contributed by atoms with van der Waals surface area (Å²) < 4.78 is 0. The van der Waals surface area contributed by atoms with E-state index in [1.165, 1.54) is 4.90 Å². The van der Waals surface area contributed by atoms with Crippen LogP contribution in [0.3, 0.4) is 0 Å². The van der Waals surface area contributed by atoms with Crippen LogP contribution in [0.4, 0.5) is 4.79 Å².